The Hall–Kier alpha value is -3.10. The summed E-state index contributed by atoms with van der Waals surface area (Å²) >= 11 is 0. The number of carbonyl (C=O) groups is 2. The van der Waals surface area contributed by atoms with Gasteiger partial charge < -0.3 is 10.1 Å². The molecule has 24 heavy (non-hydrogen) atoms. The number of anilines is 1. The van der Waals surface area contributed by atoms with Crippen molar-refractivity contribution in [1.29, 1.82) is 0 Å². The zero-order valence-electron chi connectivity index (χ0n) is 11.9. The molecule has 2 N–H and O–H groups in total. The molecule has 0 atom stereocenters. The largest absolute Gasteiger partial charge is 0.435 e. The maximum Gasteiger partial charge on any atom is 0.387 e. The number of benzene rings is 2. The average molecular weight is 342 g/mol. The molecule has 0 aliphatic carbocycles. The molecule has 0 aliphatic heterocycles. The first-order valence-corrected chi connectivity index (χ1v) is 6.47. The molecule has 0 spiro atoms. The van der Waals surface area contributed by atoms with E-state index in [4.69, 9.17) is 0 Å². The number of alkyl halides is 2. The van der Waals surface area contributed by atoms with Crippen LogP contribution in [0.3, 0.4) is 0 Å². The third kappa shape index (κ3) is 4.70. The number of halogens is 4. The van der Waals surface area contributed by atoms with Gasteiger partial charge >= 0.3 is 12.6 Å². The van der Waals surface area contributed by atoms with Gasteiger partial charge in [0.1, 0.15) is 17.4 Å². The highest BCUT2D eigenvalue weighted by atomic mass is 19.3. The van der Waals surface area contributed by atoms with Crippen molar-refractivity contribution in [3.05, 3.63) is 59.7 Å². The van der Waals surface area contributed by atoms with Crippen LogP contribution in [0.4, 0.5) is 28.0 Å². The predicted octanol–water partition coefficient (Wildman–Crippen LogP) is 3.53. The summed E-state index contributed by atoms with van der Waals surface area (Å²) < 4.78 is 54.3. The van der Waals surface area contributed by atoms with Crippen molar-refractivity contribution in [2.45, 2.75) is 6.61 Å². The highest BCUT2D eigenvalue weighted by Crippen LogP contribution is 2.17. The first-order chi connectivity index (χ1) is 11.3. The van der Waals surface area contributed by atoms with Crippen molar-refractivity contribution in [3.63, 3.8) is 0 Å². The third-order valence-electron chi connectivity index (χ3n) is 2.74. The molecule has 0 bridgehead atoms. The van der Waals surface area contributed by atoms with Crippen molar-refractivity contribution in [1.82, 2.24) is 5.32 Å². The Morgan fingerprint density at radius 2 is 1.67 bits per heavy atom. The zero-order chi connectivity index (χ0) is 17.7. The second-order valence-electron chi connectivity index (χ2n) is 4.44. The summed E-state index contributed by atoms with van der Waals surface area (Å²) in [7, 11) is 0. The smallest absolute Gasteiger partial charge is 0.387 e. The molecule has 2 aromatic carbocycles. The third-order valence-corrected chi connectivity index (χ3v) is 2.74. The number of ether oxygens (including phenoxy) is 1. The highest BCUT2D eigenvalue weighted by Gasteiger charge is 2.15. The van der Waals surface area contributed by atoms with Crippen LogP contribution in [-0.4, -0.2) is 18.5 Å². The van der Waals surface area contributed by atoms with E-state index < -0.39 is 35.7 Å². The Morgan fingerprint density at radius 3 is 2.25 bits per heavy atom. The summed E-state index contributed by atoms with van der Waals surface area (Å²) in [6.07, 6.45) is 0. The fourth-order valence-electron chi connectivity index (χ4n) is 1.73. The molecular formula is C15H10F4N2O3. The van der Waals surface area contributed by atoms with Crippen LogP contribution in [0.2, 0.25) is 0 Å². The van der Waals surface area contributed by atoms with E-state index >= 15 is 0 Å². The van der Waals surface area contributed by atoms with Crippen LogP contribution in [-0.2, 0) is 0 Å². The first kappa shape index (κ1) is 17.3. The minimum Gasteiger partial charge on any atom is -0.435 e. The second-order valence-corrected chi connectivity index (χ2v) is 4.44. The fourth-order valence-corrected chi connectivity index (χ4v) is 1.73. The Balaban J connectivity index is 1.96. The standard InChI is InChI=1S/C15H10F4N2O3/c16-8-1-6-11(12(17)7-8)13(22)21-15(23)20-9-2-4-10(5-3-9)24-14(18)19/h1-7,14H,(H2,20,21,22,23). The molecular weight excluding hydrogens is 332 g/mol. The first-order valence-electron chi connectivity index (χ1n) is 6.47. The lowest BCUT2D eigenvalue weighted by atomic mass is 10.2. The highest BCUT2D eigenvalue weighted by molar-refractivity contribution is 6.08. The lowest BCUT2D eigenvalue weighted by Crippen LogP contribution is -2.34. The number of hydrogen-bond donors (Lipinski definition) is 2. The summed E-state index contributed by atoms with van der Waals surface area (Å²) in [5.74, 6) is -3.16. The number of nitrogens with one attached hydrogen (secondary N) is 2. The maximum absolute atomic E-state index is 13.4. The second kappa shape index (κ2) is 7.44. The van der Waals surface area contributed by atoms with Gasteiger partial charge in [-0.25, -0.2) is 13.6 Å². The summed E-state index contributed by atoms with van der Waals surface area (Å²) in [4.78, 5) is 23.4. The van der Waals surface area contributed by atoms with E-state index in [1.165, 1.54) is 24.3 Å². The van der Waals surface area contributed by atoms with Crippen molar-refractivity contribution < 1.29 is 31.9 Å². The van der Waals surface area contributed by atoms with Crippen LogP contribution < -0.4 is 15.4 Å². The van der Waals surface area contributed by atoms with Crippen LogP contribution >= 0.6 is 0 Å². The van der Waals surface area contributed by atoms with Gasteiger partial charge in [0.2, 0.25) is 0 Å². The molecule has 2 rings (SSSR count). The normalized spacial score (nSPS) is 10.4. The topological polar surface area (TPSA) is 67.4 Å². The van der Waals surface area contributed by atoms with Crippen LogP contribution in [0.5, 0.6) is 5.75 Å². The van der Waals surface area contributed by atoms with Crippen molar-refractivity contribution in [2.24, 2.45) is 0 Å². The number of urea groups is 1. The van der Waals surface area contributed by atoms with Crippen molar-refractivity contribution in [2.75, 3.05) is 5.32 Å². The molecule has 3 amide bonds. The maximum atomic E-state index is 13.4. The predicted molar refractivity (Wildman–Crippen MR) is 75.9 cm³/mol. The van der Waals surface area contributed by atoms with E-state index in [0.29, 0.717) is 6.07 Å². The molecule has 0 fully saturated rings. The van der Waals surface area contributed by atoms with Gasteiger partial charge in [-0.05, 0) is 36.4 Å². The Labute approximate surface area is 133 Å². The molecule has 9 heteroatoms. The van der Waals surface area contributed by atoms with Crippen LogP contribution in [0.15, 0.2) is 42.5 Å². The molecule has 126 valence electrons. The fraction of sp³-hybridized carbons (Fsp3) is 0.0667. The van der Waals surface area contributed by atoms with Gasteiger partial charge in [0.05, 0.1) is 5.56 Å². The zero-order valence-corrected chi connectivity index (χ0v) is 11.9. The summed E-state index contributed by atoms with van der Waals surface area (Å²) in [5, 5.41) is 4.09. The quantitative estimate of drug-likeness (QED) is 0.836. The number of carbonyl (C=O) groups excluding carboxylic acids is 2. The Bertz CT molecular complexity index is 751. The minimum atomic E-state index is -2.98. The van der Waals surface area contributed by atoms with Crippen molar-refractivity contribution >= 4 is 17.6 Å². The van der Waals surface area contributed by atoms with Gasteiger partial charge in [-0.15, -0.1) is 0 Å². The van der Waals surface area contributed by atoms with E-state index in [-0.39, 0.29) is 11.4 Å². The van der Waals surface area contributed by atoms with Gasteiger partial charge in [-0.2, -0.15) is 8.78 Å². The van der Waals surface area contributed by atoms with Crippen molar-refractivity contribution in [3.8, 4) is 5.75 Å². The summed E-state index contributed by atoms with van der Waals surface area (Å²) in [6.45, 7) is -2.98. The minimum absolute atomic E-state index is 0.111. The summed E-state index contributed by atoms with van der Waals surface area (Å²) in [5.41, 5.74) is -0.325. The molecule has 0 aliphatic rings. The monoisotopic (exact) mass is 342 g/mol. The number of hydrogen-bond acceptors (Lipinski definition) is 3. The van der Waals surface area contributed by atoms with Crippen LogP contribution in [0.25, 0.3) is 0 Å². The molecule has 0 saturated heterocycles. The van der Waals surface area contributed by atoms with E-state index in [9.17, 15) is 27.2 Å². The Morgan fingerprint density at radius 1 is 1.00 bits per heavy atom. The molecule has 0 aromatic heterocycles. The van der Waals surface area contributed by atoms with E-state index in [1.54, 1.807) is 0 Å². The van der Waals surface area contributed by atoms with Gasteiger partial charge in [-0.1, -0.05) is 0 Å². The van der Waals surface area contributed by atoms with E-state index in [1.807, 2.05) is 5.32 Å². The lowest BCUT2D eigenvalue weighted by molar-refractivity contribution is -0.0498. The molecule has 5 nitrogen and oxygen atoms in total. The molecule has 0 unspecified atom stereocenters. The van der Waals surface area contributed by atoms with E-state index in [2.05, 4.69) is 10.1 Å². The number of rotatable bonds is 4. The van der Waals surface area contributed by atoms with Gasteiger partial charge in [0.25, 0.3) is 5.91 Å². The molecule has 0 heterocycles. The summed E-state index contributed by atoms with van der Waals surface area (Å²) in [6, 6.07) is 6.19. The SMILES string of the molecule is O=C(NC(=O)c1ccc(F)cc1F)Nc1ccc(OC(F)F)cc1. The lowest BCUT2D eigenvalue weighted by Gasteiger charge is -2.08. The number of imide groups is 1. The van der Waals surface area contributed by atoms with Crippen LogP contribution in [0, 0.1) is 11.6 Å². The molecule has 0 saturated carbocycles. The van der Waals surface area contributed by atoms with Crippen LogP contribution in [0.1, 0.15) is 10.4 Å². The van der Waals surface area contributed by atoms with Gasteiger partial charge in [-0.3, -0.25) is 10.1 Å². The Kier molecular flexibility index (Phi) is 5.35. The van der Waals surface area contributed by atoms with Gasteiger partial charge in [0, 0.05) is 11.8 Å². The van der Waals surface area contributed by atoms with Gasteiger partial charge in [0.15, 0.2) is 0 Å². The average Bonchev–Trinajstić information content (AvgIpc) is 2.48. The van der Waals surface area contributed by atoms with E-state index in [0.717, 1.165) is 12.1 Å². The number of amides is 3. The molecule has 0 radical (unpaired) electrons. The molecule has 2 aromatic rings.